The number of hydrogen-bond acceptors (Lipinski definition) is 4. The molecule has 1 aliphatic rings. The van der Waals surface area contributed by atoms with Gasteiger partial charge in [-0.3, -0.25) is 4.79 Å². The number of carbonyl (C=O) groups is 1. The Kier molecular flexibility index (Phi) is 3.06. The second kappa shape index (κ2) is 4.87. The largest absolute Gasteiger partial charge is 0.353 e. The molecule has 1 fully saturated rings. The topological polar surface area (TPSA) is 71.3 Å². The number of nitrogens with zero attached hydrogens (tertiary/aromatic N) is 3. The summed E-state index contributed by atoms with van der Waals surface area (Å²) in [5, 5.41) is 10.3. The Labute approximate surface area is 111 Å². The van der Waals surface area contributed by atoms with E-state index < -0.39 is 0 Å². The van der Waals surface area contributed by atoms with Crippen LogP contribution in [0, 0.1) is 6.92 Å². The van der Waals surface area contributed by atoms with Crippen molar-refractivity contribution in [2.45, 2.75) is 32.2 Å². The molecule has 2 heterocycles. The maximum absolute atomic E-state index is 11.5. The number of amides is 1. The van der Waals surface area contributed by atoms with E-state index in [2.05, 4.69) is 20.7 Å². The Bertz CT molecular complexity index is 602. The Morgan fingerprint density at radius 3 is 3.11 bits per heavy atom. The molecule has 3 rings (SSSR count). The predicted octanol–water partition coefficient (Wildman–Crippen LogP) is 1.12. The summed E-state index contributed by atoms with van der Waals surface area (Å²) in [5.74, 6) is 0.656. The van der Waals surface area contributed by atoms with Crippen molar-refractivity contribution in [1.82, 2.24) is 19.9 Å². The first-order valence-corrected chi connectivity index (χ1v) is 6.57. The van der Waals surface area contributed by atoms with Crippen LogP contribution in [0.15, 0.2) is 18.3 Å². The van der Waals surface area contributed by atoms with Gasteiger partial charge in [-0.05, 0) is 31.4 Å². The van der Waals surface area contributed by atoms with E-state index in [0.717, 1.165) is 24.1 Å². The molecule has 2 N–H and O–H groups in total. The quantitative estimate of drug-likeness (QED) is 0.844. The number of pyridine rings is 1. The van der Waals surface area contributed by atoms with Crippen molar-refractivity contribution in [3.8, 4) is 0 Å². The lowest BCUT2D eigenvalue weighted by atomic mass is 10.3. The van der Waals surface area contributed by atoms with E-state index >= 15 is 0 Å². The van der Waals surface area contributed by atoms with Crippen molar-refractivity contribution < 1.29 is 4.79 Å². The zero-order valence-electron chi connectivity index (χ0n) is 10.9. The van der Waals surface area contributed by atoms with Crippen molar-refractivity contribution in [3.05, 3.63) is 23.9 Å². The van der Waals surface area contributed by atoms with E-state index in [9.17, 15) is 4.79 Å². The van der Waals surface area contributed by atoms with Crippen LogP contribution in [0.25, 0.3) is 5.65 Å². The summed E-state index contributed by atoms with van der Waals surface area (Å²) in [6.45, 7) is 2.55. The first-order chi connectivity index (χ1) is 9.22. The molecule has 6 heteroatoms. The monoisotopic (exact) mass is 259 g/mol. The van der Waals surface area contributed by atoms with Crippen LogP contribution >= 0.6 is 0 Å². The van der Waals surface area contributed by atoms with Crippen molar-refractivity contribution in [1.29, 1.82) is 0 Å². The smallest absolute Gasteiger partial charge is 0.243 e. The van der Waals surface area contributed by atoms with Gasteiger partial charge in [0.2, 0.25) is 11.9 Å². The second-order valence-corrected chi connectivity index (χ2v) is 4.91. The van der Waals surface area contributed by atoms with E-state index in [4.69, 9.17) is 0 Å². The molecule has 1 aliphatic carbocycles. The van der Waals surface area contributed by atoms with Gasteiger partial charge in [-0.1, -0.05) is 6.07 Å². The number of anilines is 1. The molecule has 0 atom stereocenters. The molecule has 2 aromatic rings. The maximum Gasteiger partial charge on any atom is 0.243 e. The summed E-state index contributed by atoms with van der Waals surface area (Å²) in [5.41, 5.74) is 1.92. The van der Waals surface area contributed by atoms with E-state index in [-0.39, 0.29) is 5.91 Å². The molecule has 19 heavy (non-hydrogen) atoms. The van der Waals surface area contributed by atoms with Crippen LogP contribution in [0.3, 0.4) is 0 Å². The Morgan fingerprint density at radius 1 is 1.53 bits per heavy atom. The van der Waals surface area contributed by atoms with Gasteiger partial charge in [-0.15, -0.1) is 5.10 Å². The molecule has 2 aromatic heterocycles. The molecule has 0 aliphatic heterocycles. The molecule has 0 aromatic carbocycles. The number of nitrogens with one attached hydrogen (secondary N) is 2. The summed E-state index contributed by atoms with van der Waals surface area (Å²) >= 11 is 0. The highest BCUT2D eigenvalue weighted by Crippen LogP contribution is 2.18. The first kappa shape index (κ1) is 12.0. The lowest BCUT2D eigenvalue weighted by Crippen LogP contribution is -2.27. The number of carbonyl (C=O) groups excluding carboxylic acids is 1. The van der Waals surface area contributed by atoms with Gasteiger partial charge in [0, 0.05) is 25.2 Å². The number of fused-ring (bicyclic) bond motifs is 1. The molecular weight excluding hydrogens is 242 g/mol. The summed E-state index contributed by atoms with van der Waals surface area (Å²) in [4.78, 5) is 15.9. The normalized spacial score (nSPS) is 14.6. The van der Waals surface area contributed by atoms with Crippen molar-refractivity contribution in [2.24, 2.45) is 0 Å². The Morgan fingerprint density at radius 2 is 2.37 bits per heavy atom. The minimum Gasteiger partial charge on any atom is -0.353 e. The summed E-state index contributed by atoms with van der Waals surface area (Å²) in [6.07, 6.45) is 4.55. The maximum atomic E-state index is 11.5. The molecule has 6 nitrogen and oxygen atoms in total. The zero-order valence-corrected chi connectivity index (χ0v) is 10.9. The SMILES string of the molecule is Cc1cccn2nc(NCCC(=O)NC3CC3)nc12. The molecular formula is C13H17N5O. The van der Waals surface area contributed by atoms with E-state index in [0.29, 0.717) is 25.0 Å². The molecule has 1 amide bonds. The predicted molar refractivity (Wildman–Crippen MR) is 72.0 cm³/mol. The van der Waals surface area contributed by atoms with Gasteiger partial charge in [-0.25, -0.2) is 4.52 Å². The third-order valence-electron chi connectivity index (χ3n) is 3.14. The summed E-state index contributed by atoms with van der Waals surface area (Å²) < 4.78 is 1.74. The molecule has 0 bridgehead atoms. The molecule has 1 saturated carbocycles. The van der Waals surface area contributed by atoms with Gasteiger partial charge in [0.1, 0.15) is 0 Å². The number of aryl methyl sites for hydroxylation is 1. The van der Waals surface area contributed by atoms with Crippen molar-refractivity contribution >= 4 is 17.5 Å². The van der Waals surface area contributed by atoms with Gasteiger partial charge in [0.25, 0.3) is 0 Å². The van der Waals surface area contributed by atoms with Crippen LogP contribution in [0.4, 0.5) is 5.95 Å². The fourth-order valence-corrected chi connectivity index (χ4v) is 1.93. The lowest BCUT2D eigenvalue weighted by molar-refractivity contribution is -0.120. The average molecular weight is 259 g/mol. The van der Waals surface area contributed by atoms with Crippen LogP contribution in [0.1, 0.15) is 24.8 Å². The van der Waals surface area contributed by atoms with Crippen LogP contribution in [0.5, 0.6) is 0 Å². The highest BCUT2D eigenvalue weighted by molar-refractivity contribution is 5.77. The van der Waals surface area contributed by atoms with Gasteiger partial charge >= 0.3 is 0 Å². The minimum atomic E-state index is 0.0925. The fraction of sp³-hybridized carbons (Fsp3) is 0.462. The van der Waals surface area contributed by atoms with Crippen LogP contribution in [-0.4, -0.2) is 33.1 Å². The van der Waals surface area contributed by atoms with Crippen LogP contribution < -0.4 is 10.6 Å². The Hall–Kier alpha value is -2.11. The molecule has 0 unspecified atom stereocenters. The minimum absolute atomic E-state index is 0.0925. The number of aromatic nitrogens is 3. The van der Waals surface area contributed by atoms with Gasteiger partial charge < -0.3 is 10.6 Å². The summed E-state index contributed by atoms with van der Waals surface area (Å²) in [7, 11) is 0. The highest BCUT2D eigenvalue weighted by Gasteiger charge is 2.22. The molecule has 100 valence electrons. The van der Waals surface area contributed by atoms with Crippen molar-refractivity contribution in [3.63, 3.8) is 0 Å². The lowest BCUT2D eigenvalue weighted by Gasteiger charge is -2.03. The van der Waals surface area contributed by atoms with E-state index in [1.165, 1.54) is 0 Å². The Balaban J connectivity index is 1.56. The molecule has 0 radical (unpaired) electrons. The first-order valence-electron chi connectivity index (χ1n) is 6.57. The third-order valence-corrected chi connectivity index (χ3v) is 3.14. The van der Waals surface area contributed by atoms with Gasteiger partial charge in [0.05, 0.1) is 0 Å². The van der Waals surface area contributed by atoms with Crippen LogP contribution in [-0.2, 0) is 4.79 Å². The second-order valence-electron chi connectivity index (χ2n) is 4.91. The average Bonchev–Trinajstić information content (AvgIpc) is 3.07. The number of hydrogen-bond donors (Lipinski definition) is 2. The van der Waals surface area contributed by atoms with Crippen molar-refractivity contribution in [2.75, 3.05) is 11.9 Å². The zero-order chi connectivity index (χ0) is 13.2. The third kappa shape index (κ3) is 2.83. The standard InChI is InChI=1S/C13H17N5O/c1-9-3-2-8-18-12(9)16-13(17-18)14-7-6-11(19)15-10-4-5-10/h2-3,8,10H,4-7H2,1H3,(H,14,17)(H,15,19). The fourth-order valence-electron chi connectivity index (χ4n) is 1.93. The van der Waals surface area contributed by atoms with Gasteiger partial charge in [-0.2, -0.15) is 4.98 Å². The van der Waals surface area contributed by atoms with Gasteiger partial charge in [0.15, 0.2) is 5.65 Å². The molecule has 0 saturated heterocycles. The highest BCUT2D eigenvalue weighted by atomic mass is 16.1. The van der Waals surface area contributed by atoms with Crippen LogP contribution in [0.2, 0.25) is 0 Å². The van der Waals surface area contributed by atoms with E-state index in [1.54, 1.807) is 4.52 Å². The number of rotatable bonds is 5. The molecule has 0 spiro atoms. The van der Waals surface area contributed by atoms with E-state index in [1.807, 2.05) is 25.3 Å². The summed E-state index contributed by atoms with van der Waals surface area (Å²) in [6, 6.07) is 4.35.